The maximum absolute atomic E-state index is 5.97. The fourth-order valence-electron chi connectivity index (χ4n) is 2.39. The van der Waals surface area contributed by atoms with Crippen LogP contribution in [0, 0.1) is 0 Å². The molecule has 2 heterocycles. The summed E-state index contributed by atoms with van der Waals surface area (Å²) in [5, 5.41) is 7.87. The van der Waals surface area contributed by atoms with Gasteiger partial charge >= 0.3 is 6.01 Å². The van der Waals surface area contributed by atoms with Crippen LogP contribution in [0.4, 0.5) is 11.7 Å². The highest BCUT2D eigenvalue weighted by Gasteiger charge is 2.22. The van der Waals surface area contributed by atoms with Crippen molar-refractivity contribution in [1.82, 2.24) is 10.2 Å². The molecule has 0 spiro atoms. The second-order valence-corrected chi connectivity index (χ2v) is 5.43. The van der Waals surface area contributed by atoms with E-state index in [1.54, 1.807) is 0 Å². The first-order valence-corrected chi connectivity index (χ1v) is 7.02. The van der Waals surface area contributed by atoms with Crippen molar-refractivity contribution in [3.8, 4) is 0 Å². The van der Waals surface area contributed by atoms with E-state index >= 15 is 0 Å². The summed E-state index contributed by atoms with van der Waals surface area (Å²) in [6, 6.07) is 8.92. The smallest absolute Gasteiger partial charge is 0.322 e. The third-order valence-corrected chi connectivity index (χ3v) is 3.55. The first-order chi connectivity index (χ1) is 9.25. The molecule has 19 heavy (non-hydrogen) atoms. The largest absolute Gasteiger partial charge is 0.406 e. The molecule has 0 aliphatic carbocycles. The number of alkyl halides is 1. The van der Waals surface area contributed by atoms with E-state index < -0.39 is 0 Å². The van der Waals surface area contributed by atoms with E-state index in [-0.39, 0.29) is 5.38 Å². The Balaban J connectivity index is 1.99. The lowest BCUT2D eigenvalue weighted by Crippen LogP contribution is -2.18. The molecule has 2 aromatic rings. The number of hydrogen-bond acceptors (Lipinski definition) is 4. The Morgan fingerprint density at radius 2 is 2.11 bits per heavy atom. The van der Waals surface area contributed by atoms with Gasteiger partial charge in [0.25, 0.3) is 0 Å². The van der Waals surface area contributed by atoms with Gasteiger partial charge in [-0.15, -0.1) is 16.7 Å². The number of anilines is 2. The van der Waals surface area contributed by atoms with Crippen LogP contribution in [-0.2, 0) is 6.42 Å². The second-order valence-electron chi connectivity index (χ2n) is 4.78. The van der Waals surface area contributed by atoms with E-state index in [9.17, 15) is 0 Å². The van der Waals surface area contributed by atoms with Crippen molar-refractivity contribution in [3.63, 3.8) is 0 Å². The van der Waals surface area contributed by atoms with Crippen molar-refractivity contribution >= 4 is 23.3 Å². The lowest BCUT2D eigenvalue weighted by Gasteiger charge is -2.19. The molecule has 1 aliphatic heterocycles. The topological polar surface area (TPSA) is 42.2 Å². The number of nitrogens with zero attached hydrogens (tertiary/aromatic N) is 3. The van der Waals surface area contributed by atoms with Crippen LogP contribution in [0.5, 0.6) is 0 Å². The molecule has 0 bridgehead atoms. The minimum atomic E-state index is -0.261. The van der Waals surface area contributed by atoms with Crippen molar-refractivity contribution in [3.05, 3.63) is 35.7 Å². The van der Waals surface area contributed by atoms with E-state index in [4.69, 9.17) is 16.0 Å². The third kappa shape index (κ3) is 2.45. The summed E-state index contributed by atoms with van der Waals surface area (Å²) in [5.41, 5.74) is 2.50. The summed E-state index contributed by atoms with van der Waals surface area (Å²) in [6.07, 6.45) is 3.39. The molecule has 5 heteroatoms. The van der Waals surface area contributed by atoms with Gasteiger partial charge in [-0.2, -0.15) is 0 Å². The molecule has 3 rings (SSSR count). The SMILES string of the molecule is CC(Cl)c1nnc(N2CCCCc3ccccc32)o1. The van der Waals surface area contributed by atoms with Crippen LogP contribution in [0.1, 0.15) is 36.6 Å². The number of hydrogen-bond donors (Lipinski definition) is 0. The molecule has 0 saturated carbocycles. The lowest BCUT2D eigenvalue weighted by atomic mass is 10.1. The van der Waals surface area contributed by atoms with Gasteiger partial charge in [-0.25, -0.2) is 0 Å². The molecule has 4 nitrogen and oxygen atoms in total. The highest BCUT2D eigenvalue weighted by Crippen LogP contribution is 2.32. The number of halogens is 1. The van der Waals surface area contributed by atoms with Crippen LogP contribution >= 0.6 is 11.6 Å². The maximum atomic E-state index is 5.97. The Hall–Kier alpha value is -1.55. The van der Waals surface area contributed by atoms with Crippen molar-refractivity contribution < 1.29 is 4.42 Å². The van der Waals surface area contributed by atoms with Gasteiger partial charge in [0.05, 0.1) is 0 Å². The van der Waals surface area contributed by atoms with Crippen LogP contribution in [0.25, 0.3) is 0 Å². The van der Waals surface area contributed by atoms with Gasteiger partial charge in [0.1, 0.15) is 5.38 Å². The molecule has 1 unspecified atom stereocenters. The minimum Gasteiger partial charge on any atom is -0.406 e. The van der Waals surface area contributed by atoms with Gasteiger partial charge in [-0.3, -0.25) is 4.90 Å². The molecule has 1 aromatic carbocycles. The Labute approximate surface area is 117 Å². The Morgan fingerprint density at radius 3 is 2.89 bits per heavy atom. The maximum Gasteiger partial charge on any atom is 0.322 e. The fraction of sp³-hybridized carbons (Fsp3) is 0.429. The van der Waals surface area contributed by atoms with Gasteiger partial charge in [0.15, 0.2) is 0 Å². The van der Waals surface area contributed by atoms with Crippen LogP contribution in [0.3, 0.4) is 0 Å². The number of fused-ring (bicyclic) bond motifs is 1. The molecule has 0 fully saturated rings. The molecule has 1 atom stereocenters. The predicted molar refractivity (Wildman–Crippen MR) is 75.0 cm³/mol. The molecule has 1 aromatic heterocycles. The summed E-state index contributed by atoms with van der Waals surface area (Å²) in [5.74, 6) is 0.471. The monoisotopic (exact) mass is 277 g/mol. The summed E-state index contributed by atoms with van der Waals surface area (Å²) in [6.45, 7) is 2.73. The molecule has 1 aliphatic rings. The van der Waals surface area contributed by atoms with E-state index in [1.807, 2.05) is 13.0 Å². The number of aromatic nitrogens is 2. The van der Waals surface area contributed by atoms with Gasteiger partial charge < -0.3 is 4.42 Å². The Morgan fingerprint density at radius 1 is 1.26 bits per heavy atom. The normalized spacial score (nSPS) is 16.8. The quantitative estimate of drug-likeness (QED) is 0.782. The molecule has 0 saturated heterocycles. The lowest BCUT2D eigenvalue weighted by molar-refractivity contribution is 0.493. The summed E-state index contributed by atoms with van der Waals surface area (Å²) < 4.78 is 5.67. The number of rotatable bonds is 2. The Kier molecular flexibility index (Phi) is 3.42. The zero-order valence-corrected chi connectivity index (χ0v) is 11.6. The van der Waals surface area contributed by atoms with E-state index in [0.717, 1.165) is 25.1 Å². The van der Waals surface area contributed by atoms with Crippen molar-refractivity contribution in [2.75, 3.05) is 11.4 Å². The van der Waals surface area contributed by atoms with E-state index in [0.29, 0.717) is 11.9 Å². The standard InChI is InChI=1S/C14H16ClN3O/c1-10(15)13-16-17-14(19-13)18-9-5-4-7-11-6-2-3-8-12(11)18/h2-3,6,8,10H,4-5,7,9H2,1H3. The van der Waals surface area contributed by atoms with Crippen molar-refractivity contribution in [2.24, 2.45) is 0 Å². The molecule has 0 radical (unpaired) electrons. The number of aryl methyl sites for hydroxylation is 1. The Bertz CT molecular complexity index is 567. The third-order valence-electron chi connectivity index (χ3n) is 3.36. The minimum absolute atomic E-state index is 0.261. The first kappa shape index (κ1) is 12.5. The highest BCUT2D eigenvalue weighted by molar-refractivity contribution is 6.20. The summed E-state index contributed by atoms with van der Waals surface area (Å²) in [7, 11) is 0. The van der Waals surface area contributed by atoms with E-state index in [1.165, 1.54) is 12.0 Å². The molecule has 0 amide bonds. The van der Waals surface area contributed by atoms with Crippen LogP contribution < -0.4 is 4.90 Å². The molecular weight excluding hydrogens is 262 g/mol. The van der Waals surface area contributed by atoms with Gasteiger partial charge in [0.2, 0.25) is 5.89 Å². The molecular formula is C14H16ClN3O. The number of benzene rings is 1. The van der Waals surface area contributed by atoms with Crippen LogP contribution in [-0.4, -0.2) is 16.7 Å². The molecule has 100 valence electrons. The number of para-hydroxylation sites is 1. The van der Waals surface area contributed by atoms with Gasteiger partial charge in [-0.1, -0.05) is 23.3 Å². The zero-order chi connectivity index (χ0) is 13.2. The van der Waals surface area contributed by atoms with Crippen LogP contribution in [0.15, 0.2) is 28.7 Å². The van der Waals surface area contributed by atoms with Crippen molar-refractivity contribution in [2.45, 2.75) is 31.6 Å². The zero-order valence-electron chi connectivity index (χ0n) is 10.8. The average molecular weight is 278 g/mol. The van der Waals surface area contributed by atoms with E-state index in [2.05, 4.69) is 33.3 Å². The van der Waals surface area contributed by atoms with Crippen molar-refractivity contribution in [1.29, 1.82) is 0 Å². The summed E-state index contributed by atoms with van der Waals surface area (Å²) in [4.78, 5) is 2.10. The van der Waals surface area contributed by atoms with Gasteiger partial charge in [0, 0.05) is 12.2 Å². The highest BCUT2D eigenvalue weighted by atomic mass is 35.5. The van der Waals surface area contributed by atoms with Crippen LogP contribution in [0.2, 0.25) is 0 Å². The summed E-state index contributed by atoms with van der Waals surface area (Å²) >= 11 is 5.97. The first-order valence-electron chi connectivity index (χ1n) is 6.58. The van der Waals surface area contributed by atoms with Gasteiger partial charge in [-0.05, 0) is 37.8 Å². The fourth-order valence-corrected chi connectivity index (χ4v) is 2.47. The molecule has 0 N–H and O–H groups in total. The average Bonchev–Trinajstić information content (AvgIpc) is 2.80. The second kappa shape index (κ2) is 5.21. The predicted octanol–water partition coefficient (Wildman–Crippen LogP) is 3.84.